The number of ether oxygens (including phenoxy) is 2. The molecule has 0 aliphatic rings. The van der Waals surface area contributed by atoms with Crippen molar-refractivity contribution < 1.29 is 23.9 Å². The lowest BCUT2D eigenvalue weighted by molar-refractivity contribution is -0.149. The fraction of sp³-hybridized carbons (Fsp3) is 0.158. The largest absolute Gasteiger partial charge is 0.482 e. The molecule has 0 aliphatic carbocycles. The molecule has 2 aromatic carbocycles. The normalized spacial score (nSPS) is 9.69. The Morgan fingerprint density at radius 2 is 1.85 bits per heavy atom. The van der Waals surface area contributed by atoms with Crippen molar-refractivity contribution in [1.82, 2.24) is 0 Å². The van der Waals surface area contributed by atoms with Crippen molar-refractivity contribution in [2.45, 2.75) is 6.92 Å². The summed E-state index contributed by atoms with van der Waals surface area (Å²) in [6.45, 7) is 0.559. The number of carbonyl (C=O) groups is 3. The summed E-state index contributed by atoms with van der Waals surface area (Å²) in [5.74, 6) is -1.02. The lowest BCUT2D eigenvalue weighted by Gasteiger charge is -2.08. The Labute approximate surface area is 150 Å². The van der Waals surface area contributed by atoms with E-state index in [2.05, 4.69) is 5.32 Å². The number of amides is 1. The van der Waals surface area contributed by atoms with E-state index in [0.29, 0.717) is 22.6 Å². The van der Waals surface area contributed by atoms with Crippen LogP contribution in [0.5, 0.6) is 5.75 Å². The highest BCUT2D eigenvalue weighted by molar-refractivity contribution is 5.94. The number of Topliss-reactive ketones (excluding diaryl/α,β-unsaturated/α-hetero) is 1. The number of nitrogens with one attached hydrogen (secondary N) is 1. The lowest BCUT2D eigenvalue weighted by Crippen LogP contribution is -2.23. The zero-order chi connectivity index (χ0) is 18.9. The van der Waals surface area contributed by atoms with Gasteiger partial charge >= 0.3 is 5.97 Å². The second kappa shape index (κ2) is 8.99. The van der Waals surface area contributed by atoms with Gasteiger partial charge in [-0.1, -0.05) is 18.2 Å². The van der Waals surface area contributed by atoms with Crippen LogP contribution >= 0.6 is 0 Å². The molecular formula is C19H16N2O5. The van der Waals surface area contributed by atoms with Gasteiger partial charge < -0.3 is 14.8 Å². The number of ketones is 1. The van der Waals surface area contributed by atoms with Crippen LogP contribution in [-0.2, 0) is 14.3 Å². The second-order valence-electron chi connectivity index (χ2n) is 5.27. The molecule has 0 saturated carbocycles. The third kappa shape index (κ3) is 5.76. The van der Waals surface area contributed by atoms with Crippen molar-refractivity contribution in [1.29, 1.82) is 5.26 Å². The molecule has 1 N–H and O–H groups in total. The van der Waals surface area contributed by atoms with E-state index >= 15 is 0 Å². The summed E-state index contributed by atoms with van der Waals surface area (Å²) in [6, 6.07) is 14.7. The number of carbonyl (C=O) groups excluding carboxylic acids is 3. The number of hydrogen-bond donors (Lipinski definition) is 1. The van der Waals surface area contributed by atoms with E-state index < -0.39 is 25.1 Å². The molecular weight excluding hydrogens is 336 g/mol. The predicted molar refractivity (Wildman–Crippen MR) is 92.7 cm³/mol. The SMILES string of the molecule is CC(=O)c1cccc(OCC(=O)OCC(=O)Nc2cccc(C#N)c2)c1. The standard InChI is InChI=1S/C19H16N2O5/c1-13(22)15-5-3-7-17(9-15)25-12-19(24)26-11-18(23)21-16-6-2-4-14(8-16)10-20/h2-9H,11-12H2,1H3,(H,21,23). The van der Waals surface area contributed by atoms with Crippen LogP contribution < -0.4 is 10.1 Å². The summed E-state index contributed by atoms with van der Waals surface area (Å²) in [7, 11) is 0. The topological polar surface area (TPSA) is 105 Å². The van der Waals surface area contributed by atoms with Gasteiger partial charge in [0.15, 0.2) is 19.0 Å². The molecule has 0 heterocycles. The third-order valence-corrected chi connectivity index (χ3v) is 3.24. The first-order valence-electron chi connectivity index (χ1n) is 7.67. The van der Waals surface area contributed by atoms with Crippen LogP contribution in [0.4, 0.5) is 5.69 Å². The minimum absolute atomic E-state index is 0.116. The first-order valence-corrected chi connectivity index (χ1v) is 7.67. The number of anilines is 1. The molecule has 0 radical (unpaired) electrons. The molecule has 0 aromatic heterocycles. The highest BCUT2D eigenvalue weighted by Crippen LogP contribution is 2.14. The molecule has 7 heteroatoms. The van der Waals surface area contributed by atoms with Crippen LogP contribution in [0.1, 0.15) is 22.8 Å². The summed E-state index contributed by atoms with van der Waals surface area (Å²) < 4.78 is 10.1. The van der Waals surface area contributed by atoms with Gasteiger partial charge in [0.25, 0.3) is 5.91 Å². The molecule has 1 amide bonds. The highest BCUT2D eigenvalue weighted by Gasteiger charge is 2.10. The number of hydrogen-bond acceptors (Lipinski definition) is 6. The van der Waals surface area contributed by atoms with E-state index in [1.54, 1.807) is 36.4 Å². The van der Waals surface area contributed by atoms with Crippen molar-refractivity contribution in [3.8, 4) is 11.8 Å². The molecule has 0 aliphatic heterocycles. The average Bonchev–Trinajstić information content (AvgIpc) is 2.65. The number of benzene rings is 2. The summed E-state index contributed by atoms with van der Waals surface area (Å²) in [6.07, 6.45) is 0. The molecule has 26 heavy (non-hydrogen) atoms. The Hall–Kier alpha value is -3.66. The van der Waals surface area contributed by atoms with Crippen molar-refractivity contribution in [3.05, 3.63) is 59.7 Å². The van der Waals surface area contributed by atoms with E-state index in [0.717, 1.165) is 0 Å². The van der Waals surface area contributed by atoms with Gasteiger partial charge in [0.1, 0.15) is 5.75 Å². The van der Waals surface area contributed by atoms with Crippen LogP contribution in [0.15, 0.2) is 48.5 Å². The maximum Gasteiger partial charge on any atom is 0.344 e. The van der Waals surface area contributed by atoms with Crippen LogP contribution in [0.25, 0.3) is 0 Å². The fourth-order valence-corrected chi connectivity index (χ4v) is 2.00. The Balaban J connectivity index is 1.77. The second-order valence-corrected chi connectivity index (χ2v) is 5.27. The highest BCUT2D eigenvalue weighted by atomic mass is 16.6. The molecule has 7 nitrogen and oxygen atoms in total. The number of nitriles is 1. The third-order valence-electron chi connectivity index (χ3n) is 3.24. The predicted octanol–water partition coefficient (Wildman–Crippen LogP) is 2.32. The van der Waals surface area contributed by atoms with E-state index in [9.17, 15) is 14.4 Å². The smallest absolute Gasteiger partial charge is 0.344 e. The van der Waals surface area contributed by atoms with Crippen molar-refractivity contribution in [2.75, 3.05) is 18.5 Å². The fourth-order valence-electron chi connectivity index (χ4n) is 2.00. The van der Waals surface area contributed by atoms with Crippen molar-refractivity contribution >= 4 is 23.3 Å². The molecule has 0 unspecified atom stereocenters. The molecule has 0 saturated heterocycles. The lowest BCUT2D eigenvalue weighted by atomic mass is 10.1. The van der Waals surface area contributed by atoms with Gasteiger partial charge in [0.05, 0.1) is 11.6 Å². The molecule has 132 valence electrons. The first kappa shape index (κ1) is 18.7. The van der Waals surface area contributed by atoms with Gasteiger partial charge in [-0.15, -0.1) is 0 Å². The number of nitrogens with zero attached hydrogens (tertiary/aromatic N) is 1. The van der Waals surface area contributed by atoms with Crippen LogP contribution in [0, 0.1) is 11.3 Å². The van der Waals surface area contributed by atoms with Gasteiger partial charge in [-0.25, -0.2) is 4.79 Å². The molecule has 0 atom stereocenters. The van der Waals surface area contributed by atoms with Crippen molar-refractivity contribution in [3.63, 3.8) is 0 Å². The number of esters is 1. The maximum absolute atomic E-state index is 11.8. The Morgan fingerprint density at radius 1 is 1.08 bits per heavy atom. The summed E-state index contributed by atoms with van der Waals surface area (Å²) in [5.41, 5.74) is 1.30. The van der Waals surface area contributed by atoms with Gasteiger partial charge in [-0.2, -0.15) is 5.26 Å². The van der Waals surface area contributed by atoms with E-state index in [1.807, 2.05) is 6.07 Å². The van der Waals surface area contributed by atoms with Crippen LogP contribution in [0.3, 0.4) is 0 Å². The van der Waals surface area contributed by atoms with Crippen molar-refractivity contribution in [2.24, 2.45) is 0 Å². The quantitative estimate of drug-likeness (QED) is 0.605. The summed E-state index contributed by atoms with van der Waals surface area (Å²) in [5, 5.41) is 11.3. The van der Waals surface area contributed by atoms with E-state index in [1.165, 1.54) is 19.1 Å². The molecule has 2 rings (SSSR count). The van der Waals surface area contributed by atoms with E-state index in [-0.39, 0.29) is 5.78 Å². The molecule has 0 spiro atoms. The maximum atomic E-state index is 11.8. The minimum Gasteiger partial charge on any atom is -0.482 e. The molecule has 0 fully saturated rings. The zero-order valence-corrected chi connectivity index (χ0v) is 14.0. The first-order chi connectivity index (χ1) is 12.5. The van der Waals surface area contributed by atoms with E-state index in [4.69, 9.17) is 14.7 Å². The van der Waals surface area contributed by atoms with Gasteiger partial charge in [0.2, 0.25) is 0 Å². The minimum atomic E-state index is -0.723. The number of rotatable bonds is 7. The summed E-state index contributed by atoms with van der Waals surface area (Å²) >= 11 is 0. The Kier molecular flexibility index (Phi) is 6.46. The van der Waals surface area contributed by atoms with Crippen LogP contribution in [0.2, 0.25) is 0 Å². The van der Waals surface area contributed by atoms with Gasteiger partial charge in [0, 0.05) is 11.3 Å². The van der Waals surface area contributed by atoms with Crippen LogP contribution in [-0.4, -0.2) is 30.9 Å². The molecule has 0 bridgehead atoms. The summed E-state index contributed by atoms with van der Waals surface area (Å²) in [4.78, 5) is 34.7. The van der Waals surface area contributed by atoms with Gasteiger partial charge in [-0.3, -0.25) is 9.59 Å². The average molecular weight is 352 g/mol. The monoisotopic (exact) mass is 352 g/mol. The Bertz CT molecular complexity index is 870. The zero-order valence-electron chi connectivity index (χ0n) is 14.0. The Morgan fingerprint density at radius 3 is 2.58 bits per heavy atom. The van der Waals surface area contributed by atoms with Gasteiger partial charge in [-0.05, 0) is 37.3 Å². The molecule has 2 aromatic rings.